The fourth-order valence-corrected chi connectivity index (χ4v) is 3.34. The molecule has 0 aromatic heterocycles. The minimum absolute atomic E-state index is 0.228. The quantitative estimate of drug-likeness (QED) is 0.903. The van der Waals surface area contributed by atoms with Gasteiger partial charge >= 0.3 is 0 Å². The third kappa shape index (κ3) is 3.85. The lowest BCUT2D eigenvalue weighted by molar-refractivity contribution is -0.120. The van der Waals surface area contributed by atoms with E-state index in [0.29, 0.717) is 24.8 Å². The molecular weight excluding hydrogens is 260 g/mol. The van der Waals surface area contributed by atoms with E-state index in [1.165, 1.54) is 5.56 Å². The number of benzene rings is 1. The van der Waals surface area contributed by atoms with Crippen LogP contribution in [0.15, 0.2) is 24.3 Å². The number of hydrogen-bond donors (Lipinski definition) is 1. The average Bonchev–Trinajstić information content (AvgIpc) is 2.45. The second-order valence-corrected chi connectivity index (χ2v) is 6.72. The van der Waals surface area contributed by atoms with Crippen LogP contribution in [0, 0.1) is 11.8 Å². The van der Waals surface area contributed by atoms with E-state index in [9.17, 15) is 4.79 Å². The summed E-state index contributed by atoms with van der Waals surface area (Å²) < 4.78 is 0. The van der Waals surface area contributed by atoms with Gasteiger partial charge in [0.15, 0.2) is 0 Å². The predicted octanol–water partition coefficient (Wildman–Crippen LogP) is 3.37. The molecule has 0 spiro atoms. The highest BCUT2D eigenvalue weighted by Crippen LogP contribution is 2.31. The summed E-state index contributed by atoms with van der Waals surface area (Å²) in [5, 5.41) is 0. The Bertz CT molecular complexity index is 484. The van der Waals surface area contributed by atoms with E-state index < -0.39 is 0 Å². The van der Waals surface area contributed by atoms with Crippen molar-refractivity contribution >= 4 is 11.6 Å². The number of carbonyl (C=O) groups is 1. The standard InChI is InChI=1S/C18H28N2O/c1-13(2)10-15(12-19)11-18(21)20-14(3)8-9-16-6-4-5-7-17(16)20/h4-7,13-15H,8-12,19H2,1-3H3. The minimum Gasteiger partial charge on any atom is -0.330 e. The molecule has 3 nitrogen and oxygen atoms in total. The molecule has 116 valence electrons. The second-order valence-electron chi connectivity index (χ2n) is 6.72. The fraction of sp³-hybridized carbons (Fsp3) is 0.611. The number of fused-ring (bicyclic) bond motifs is 1. The van der Waals surface area contributed by atoms with Crippen LogP contribution in [0.2, 0.25) is 0 Å². The maximum absolute atomic E-state index is 12.8. The summed E-state index contributed by atoms with van der Waals surface area (Å²) in [6.07, 6.45) is 3.69. The molecule has 0 radical (unpaired) electrons. The lowest BCUT2D eigenvalue weighted by Gasteiger charge is -2.36. The van der Waals surface area contributed by atoms with Crippen LogP contribution in [0.1, 0.15) is 45.6 Å². The van der Waals surface area contributed by atoms with Gasteiger partial charge in [-0.25, -0.2) is 0 Å². The van der Waals surface area contributed by atoms with E-state index in [-0.39, 0.29) is 11.9 Å². The van der Waals surface area contributed by atoms with Gasteiger partial charge in [-0.05, 0) is 56.2 Å². The third-order valence-corrected chi connectivity index (χ3v) is 4.39. The number of para-hydroxylation sites is 1. The van der Waals surface area contributed by atoms with Crippen LogP contribution in [0.5, 0.6) is 0 Å². The zero-order valence-electron chi connectivity index (χ0n) is 13.5. The van der Waals surface area contributed by atoms with Crippen molar-refractivity contribution in [2.24, 2.45) is 17.6 Å². The first kappa shape index (κ1) is 16.0. The Hall–Kier alpha value is -1.35. The molecule has 0 fully saturated rings. The first-order valence-electron chi connectivity index (χ1n) is 8.13. The highest BCUT2D eigenvalue weighted by molar-refractivity contribution is 5.95. The zero-order valence-corrected chi connectivity index (χ0v) is 13.5. The monoisotopic (exact) mass is 288 g/mol. The van der Waals surface area contributed by atoms with Crippen LogP contribution in [-0.4, -0.2) is 18.5 Å². The van der Waals surface area contributed by atoms with Crippen LogP contribution in [0.25, 0.3) is 0 Å². The van der Waals surface area contributed by atoms with Crippen LogP contribution in [-0.2, 0) is 11.2 Å². The Kier molecular flexibility index (Phi) is 5.40. The Labute approximate surface area is 128 Å². The molecule has 1 aromatic rings. The van der Waals surface area contributed by atoms with Crippen molar-refractivity contribution in [2.45, 2.75) is 52.5 Å². The van der Waals surface area contributed by atoms with E-state index >= 15 is 0 Å². The van der Waals surface area contributed by atoms with Crippen molar-refractivity contribution in [3.05, 3.63) is 29.8 Å². The lowest BCUT2D eigenvalue weighted by atomic mass is 9.91. The molecule has 2 rings (SSSR count). The van der Waals surface area contributed by atoms with Gasteiger partial charge in [0.2, 0.25) is 5.91 Å². The SMILES string of the molecule is CC(C)CC(CN)CC(=O)N1c2ccccc2CCC1C. The number of rotatable bonds is 5. The van der Waals surface area contributed by atoms with E-state index in [4.69, 9.17) is 5.73 Å². The van der Waals surface area contributed by atoms with E-state index in [1.807, 2.05) is 11.0 Å². The highest BCUT2D eigenvalue weighted by Gasteiger charge is 2.29. The molecule has 2 unspecified atom stereocenters. The van der Waals surface area contributed by atoms with Crippen molar-refractivity contribution in [3.63, 3.8) is 0 Å². The zero-order chi connectivity index (χ0) is 15.4. The number of nitrogens with two attached hydrogens (primary N) is 1. The largest absolute Gasteiger partial charge is 0.330 e. The van der Waals surface area contributed by atoms with Gasteiger partial charge in [0, 0.05) is 18.2 Å². The minimum atomic E-state index is 0.228. The summed E-state index contributed by atoms with van der Waals surface area (Å²) in [6, 6.07) is 8.56. The number of anilines is 1. The molecule has 1 aliphatic heterocycles. The van der Waals surface area contributed by atoms with Gasteiger partial charge < -0.3 is 10.6 Å². The maximum Gasteiger partial charge on any atom is 0.227 e. The molecule has 2 atom stereocenters. The normalized spacial score (nSPS) is 19.5. The Balaban J connectivity index is 2.14. The van der Waals surface area contributed by atoms with Crippen LogP contribution < -0.4 is 10.6 Å². The molecule has 0 saturated heterocycles. The van der Waals surface area contributed by atoms with Crippen molar-refractivity contribution < 1.29 is 4.79 Å². The number of aryl methyl sites for hydroxylation is 1. The molecule has 1 aliphatic rings. The molecule has 1 aromatic carbocycles. The van der Waals surface area contributed by atoms with Crippen molar-refractivity contribution in [1.29, 1.82) is 0 Å². The molecule has 2 N–H and O–H groups in total. The predicted molar refractivity (Wildman–Crippen MR) is 88.3 cm³/mol. The van der Waals surface area contributed by atoms with Crippen molar-refractivity contribution in [1.82, 2.24) is 0 Å². The van der Waals surface area contributed by atoms with Gasteiger partial charge in [-0.15, -0.1) is 0 Å². The van der Waals surface area contributed by atoms with Crippen LogP contribution >= 0.6 is 0 Å². The summed E-state index contributed by atoms with van der Waals surface area (Å²) in [5.74, 6) is 1.10. The number of amides is 1. The summed E-state index contributed by atoms with van der Waals surface area (Å²) in [6.45, 7) is 7.11. The number of hydrogen-bond acceptors (Lipinski definition) is 2. The Morgan fingerprint density at radius 1 is 1.38 bits per heavy atom. The summed E-state index contributed by atoms with van der Waals surface area (Å²) in [4.78, 5) is 14.8. The smallest absolute Gasteiger partial charge is 0.227 e. The van der Waals surface area contributed by atoms with Gasteiger partial charge in [-0.2, -0.15) is 0 Å². The van der Waals surface area contributed by atoms with Crippen molar-refractivity contribution in [2.75, 3.05) is 11.4 Å². The topological polar surface area (TPSA) is 46.3 Å². The summed E-state index contributed by atoms with van der Waals surface area (Å²) >= 11 is 0. The average molecular weight is 288 g/mol. The van der Waals surface area contributed by atoms with E-state index in [2.05, 4.69) is 39.0 Å². The molecule has 3 heteroatoms. The summed E-state index contributed by atoms with van der Waals surface area (Å²) in [5.41, 5.74) is 8.25. The first-order valence-corrected chi connectivity index (χ1v) is 8.13. The molecule has 1 amide bonds. The third-order valence-electron chi connectivity index (χ3n) is 4.39. The van der Waals surface area contributed by atoms with Gasteiger partial charge in [0.1, 0.15) is 0 Å². The van der Waals surface area contributed by atoms with E-state index in [0.717, 1.165) is 24.9 Å². The second kappa shape index (κ2) is 7.08. The Morgan fingerprint density at radius 3 is 2.76 bits per heavy atom. The summed E-state index contributed by atoms with van der Waals surface area (Å²) in [7, 11) is 0. The fourth-order valence-electron chi connectivity index (χ4n) is 3.34. The Morgan fingerprint density at radius 2 is 2.10 bits per heavy atom. The first-order chi connectivity index (χ1) is 10.0. The van der Waals surface area contributed by atoms with Crippen LogP contribution in [0.3, 0.4) is 0 Å². The number of nitrogens with zero attached hydrogens (tertiary/aromatic N) is 1. The molecule has 0 bridgehead atoms. The van der Waals surface area contributed by atoms with Gasteiger partial charge in [0.05, 0.1) is 0 Å². The molecule has 1 heterocycles. The van der Waals surface area contributed by atoms with Crippen LogP contribution in [0.4, 0.5) is 5.69 Å². The lowest BCUT2D eigenvalue weighted by Crippen LogP contribution is -2.43. The highest BCUT2D eigenvalue weighted by atomic mass is 16.2. The molecule has 21 heavy (non-hydrogen) atoms. The van der Waals surface area contributed by atoms with Gasteiger partial charge in [-0.3, -0.25) is 4.79 Å². The maximum atomic E-state index is 12.8. The van der Waals surface area contributed by atoms with Gasteiger partial charge in [-0.1, -0.05) is 32.0 Å². The van der Waals surface area contributed by atoms with E-state index in [1.54, 1.807) is 0 Å². The van der Waals surface area contributed by atoms with Crippen molar-refractivity contribution in [3.8, 4) is 0 Å². The van der Waals surface area contributed by atoms with Gasteiger partial charge in [0.25, 0.3) is 0 Å². The number of carbonyl (C=O) groups excluding carboxylic acids is 1. The molecule has 0 saturated carbocycles. The molecule has 0 aliphatic carbocycles. The molecular formula is C18H28N2O.